The fraction of sp³-hybridized carbons (Fsp3) is 0. The van der Waals surface area contributed by atoms with E-state index < -0.39 is 19.8 Å². The third-order valence-electron chi connectivity index (χ3n) is 0.376. The van der Waals surface area contributed by atoms with Gasteiger partial charge in [-0.1, -0.05) is 0 Å². The Hall–Kier alpha value is -0.990. The molecule has 0 radical (unpaired) electrons. The summed E-state index contributed by atoms with van der Waals surface area (Å²) in [6, 6.07) is 0. The van der Waals surface area contributed by atoms with Crippen LogP contribution in [0.1, 0.15) is 0 Å². The van der Waals surface area contributed by atoms with Crippen molar-refractivity contribution >= 4 is 19.8 Å². The molecule has 0 aromatic heterocycles. The Morgan fingerprint density at radius 2 is 1.50 bits per heavy atom. The summed E-state index contributed by atoms with van der Waals surface area (Å²) in [5.41, 5.74) is 0. The monoisotopic (exact) mass is 204 g/mol. The van der Waals surface area contributed by atoms with Gasteiger partial charge in [-0.25, -0.2) is 14.2 Å². The lowest BCUT2D eigenvalue weighted by molar-refractivity contribution is -0.158. The standard InChI is InChI=1S/C2H3O7P.2H3N/c3-1(4)2(5)9-10(6,7)8;;/h(H,3,4)(H2,6,7,8);2*1H3. The minimum absolute atomic E-state index is 0. The van der Waals surface area contributed by atoms with Crippen molar-refractivity contribution in [3.63, 3.8) is 0 Å². The van der Waals surface area contributed by atoms with Crippen LogP contribution in [-0.4, -0.2) is 26.8 Å². The second kappa shape index (κ2) is 5.63. The Kier molecular flexibility index (Phi) is 8.07. The van der Waals surface area contributed by atoms with Crippen molar-refractivity contribution in [2.24, 2.45) is 0 Å². The highest BCUT2D eigenvalue weighted by Crippen LogP contribution is 2.35. The summed E-state index contributed by atoms with van der Waals surface area (Å²) in [7, 11) is -5.01. The zero-order chi connectivity index (χ0) is 8.36. The minimum atomic E-state index is -5.01. The third kappa shape index (κ3) is 9.01. The molecule has 0 spiro atoms. The van der Waals surface area contributed by atoms with Crippen LogP contribution in [0.15, 0.2) is 0 Å². The number of carbonyl (C=O) groups is 2. The molecule has 0 aromatic carbocycles. The van der Waals surface area contributed by atoms with Gasteiger partial charge in [-0.05, 0) is 0 Å². The Labute approximate surface area is 66.7 Å². The van der Waals surface area contributed by atoms with Crippen LogP contribution < -0.4 is 12.3 Å². The van der Waals surface area contributed by atoms with Gasteiger partial charge in [0.1, 0.15) is 0 Å². The van der Waals surface area contributed by atoms with Crippen LogP contribution in [0.4, 0.5) is 0 Å². The van der Waals surface area contributed by atoms with Gasteiger partial charge in [-0.3, -0.25) is 9.79 Å². The zero-order valence-corrected chi connectivity index (χ0v) is 6.73. The molecule has 0 aliphatic rings. The largest absolute Gasteiger partial charge is 0.527 e. The molecule has 74 valence electrons. The lowest BCUT2D eigenvalue weighted by atomic mass is 10.7. The number of aliphatic carboxylic acids is 1. The molecule has 0 fully saturated rings. The van der Waals surface area contributed by atoms with Crippen LogP contribution in [-0.2, 0) is 18.7 Å². The fourth-order valence-electron chi connectivity index (χ4n) is 0.147. The summed E-state index contributed by atoms with van der Waals surface area (Å²) in [4.78, 5) is 35.1. The first-order chi connectivity index (χ1) is 4.33. The van der Waals surface area contributed by atoms with Crippen molar-refractivity contribution in [2.45, 2.75) is 0 Å². The van der Waals surface area contributed by atoms with Gasteiger partial charge >= 0.3 is 19.8 Å². The van der Waals surface area contributed by atoms with Gasteiger partial charge < -0.3 is 21.9 Å². The molecular weight excluding hydrogens is 195 g/mol. The van der Waals surface area contributed by atoms with Crippen LogP contribution in [0.25, 0.3) is 0 Å². The number of hydrogen-bond acceptors (Lipinski definition) is 6. The van der Waals surface area contributed by atoms with Crippen molar-refractivity contribution in [3.05, 3.63) is 0 Å². The number of phosphoric ester groups is 1. The molecule has 0 saturated carbocycles. The summed E-state index contributed by atoms with van der Waals surface area (Å²) < 4.78 is 12.9. The van der Waals surface area contributed by atoms with Crippen molar-refractivity contribution < 1.29 is 33.6 Å². The summed E-state index contributed by atoms with van der Waals surface area (Å²) in [5, 5.41) is 7.73. The number of rotatable bonds is 1. The third-order valence-corrected chi connectivity index (χ3v) is 0.780. The van der Waals surface area contributed by atoms with Gasteiger partial charge in [0.15, 0.2) is 0 Å². The van der Waals surface area contributed by atoms with Crippen LogP contribution in [0.5, 0.6) is 0 Å². The second-order valence-corrected chi connectivity index (χ2v) is 2.34. The van der Waals surface area contributed by atoms with E-state index in [0.29, 0.717) is 0 Å². The molecule has 0 atom stereocenters. The normalized spacial score (nSPS) is 8.83. The van der Waals surface area contributed by atoms with Crippen molar-refractivity contribution in [2.75, 3.05) is 0 Å². The van der Waals surface area contributed by atoms with E-state index in [-0.39, 0.29) is 12.3 Å². The highest BCUT2D eigenvalue weighted by molar-refractivity contribution is 7.47. The highest BCUT2D eigenvalue weighted by Gasteiger charge is 2.25. The van der Waals surface area contributed by atoms with E-state index >= 15 is 0 Å². The Balaban J connectivity index is -0.000000405. The first-order valence-corrected chi connectivity index (χ1v) is 3.38. The van der Waals surface area contributed by atoms with Crippen LogP contribution >= 0.6 is 7.82 Å². The molecule has 0 amide bonds. The average Bonchev–Trinajstić information content (AvgIpc) is 1.60. The predicted octanol–water partition coefficient (Wildman–Crippen LogP) is -0.969. The van der Waals surface area contributed by atoms with Crippen LogP contribution in [0.2, 0.25) is 0 Å². The maximum Gasteiger partial charge on any atom is 0.527 e. The highest BCUT2D eigenvalue weighted by atomic mass is 31.2. The number of phosphoric acid groups is 1. The van der Waals surface area contributed by atoms with Gasteiger partial charge in [-0.2, -0.15) is 0 Å². The van der Waals surface area contributed by atoms with E-state index in [4.69, 9.17) is 14.9 Å². The topological polar surface area (TPSA) is 191 Å². The van der Waals surface area contributed by atoms with Gasteiger partial charge in [0.25, 0.3) is 0 Å². The summed E-state index contributed by atoms with van der Waals surface area (Å²) in [6.45, 7) is 0. The van der Waals surface area contributed by atoms with Crippen molar-refractivity contribution in [3.8, 4) is 0 Å². The fourth-order valence-corrected chi connectivity index (χ4v) is 0.441. The lowest BCUT2D eigenvalue weighted by Gasteiger charge is -1.99. The molecule has 0 aromatic rings. The van der Waals surface area contributed by atoms with Gasteiger partial charge in [-0.15, -0.1) is 0 Å². The van der Waals surface area contributed by atoms with E-state index in [2.05, 4.69) is 4.52 Å². The van der Waals surface area contributed by atoms with Crippen LogP contribution in [0.3, 0.4) is 0 Å². The number of carbonyl (C=O) groups excluding carboxylic acids is 1. The van der Waals surface area contributed by atoms with Crippen LogP contribution in [0, 0.1) is 0 Å². The molecule has 9 N–H and O–H groups in total. The van der Waals surface area contributed by atoms with E-state index in [1.54, 1.807) is 0 Å². The Morgan fingerprint density at radius 3 is 1.58 bits per heavy atom. The smallest absolute Gasteiger partial charge is 0.473 e. The molecule has 0 saturated heterocycles. The quantitative estimate of drug-likeness (QED) is 0.264. The molecule has 0 heterocycles. The molecule has 0 aliphatic carbocycles. The molecule has 12 heavy (non-hydrogen) atoms. The first-order valence-electron chi connectivity index (χ1n) is 1.85. The summed E-state index contributed by atoms with van der Waals surface area (Å²) in [6.07, 6.45) is 0. The average molecular weight is 204 g/mol. The maximum atomic E-state index is 9.84. The first kappa shape index (κ1) is 17.2. The summed E-state index contributed by atoms with van der Waals surface area (Å²) in [5.74, 6) is -4.03. The zero-order valence-electron chi connectivity index (χ0n) is 5.84. The minimum Gasteiger partial charge on any atom is -0.473 e. The van der Waals surface area contributed by atoms with Gasteiger partial charge in [0.2, 0.25) is 0 Å². The molecule has 0 bridgehead atoms. The number of hydrogen-bond donors (Lipinski definition) is 5. The van der Waals surface area contributed by atoms with E-state index in [9.17, 15) is 14.2 Å². The Bertz CT molecular complexity index is 207. The number of carboxylic acids is 1. The van der Waals surface area contributed by atoms with Gasteiger partial charge in [0, 0.05) is 0 Å². The van der Waals surface area contributed by atoms with Crippen molar-refractivity contribution in [1.82, 2.24) is 12.3 Å². The van der Waals surface area contributed by atoms with E-state index in [0.717, 1.165) is 0 Å². The SMILES string of the molecule is N.N.O=C(O)C(=O)OP(=O)(O)O. The van der Waals surface area contributed by atoms with Crippen molar-refractivity contribution in [1.29, 1.82) is 0 Å². The van der Waals surface area contributed by atoms with E-state index in [1.165, 1.54) is 0 Å². The molecule has 0 unspecified atom stereocenters. The second-order valence-electron chi connectivity index (χ2n) is 1.17. The molecule has 9 nitrogen and oxygen atoms in total. The van der Waals surface area contributed by atoms with Gasteiger partial charge in [0.05, 0.1) is 0 Å². The number of carboxylic acid groups (broad SMARTS) is 1. The molecule has 10 heteroatoms. The molecule has 0 rings (SSSR count). The Morgan fingerprint density at radius 1 is 1.17 bits per heavy atom. The maximum absolute atomic E-state index is 9.84. The van der Waals surface area contributed by atoms with E-state index in [1.807, 2.05) is 0 Å². The lowest BCUT2D eigenvalue weighted by Crippen LogP contribution is -2.14. The molecular formula is C2H9N2O7P. The molecule has 0 aliphatic heterocycles. The predicted molar refractivity (Wildman–Crippen MR) is 35.8 cm³/mol. The summed E-state index contributed by atoms with van der Waals surface area (Å²) >= 11 is 0.